The lowest BCUT2D eigenvalue weighted by Gasteiger charge is -2.09. The van der Waals surface area contributed by atoms with Crippen molar-refractivity contribution in [1.29, 1.82) is 0 Å². The first-order valence-electron chi connectivity index (χ1n) is 7.66. The van der Waals surface area contributed by atoms with Crippen LogP contribution in [0.25, 0.3) is 5.52 Å². The highest BCUT2D eigenvalue weighted by Gasteiger charge is 2.15. The molecule has 10 heteroatoms. The zero-order chi connectivity index (χ0) is 18.4. The molecule has 0 aliphatic rings. The molecule has 0 saturated heterocycles. The highest BCUT2D eigenvalue weighted by molar-refractivity contribution is 5.78. The van der Waals surface area contributed by atoms with Gasteiger partial charge in [0, 0.05) is 19.5 Å². The summed E-state index contributed by atoms with van der Waals surface area (Å²) in [6.45, 7) is 6.65. The van der Waals surface area contributed by atoms with E-state index >= 15 is 0 Å². The Bertz CT molecular complexity index is 906. The summed E-state index contributed by atoms with van der Waals surface area (Å²) in [5, 5.41) is 14.0. The standard InChI is InChI=1S/C15H20N8O2/c1-5-11(18-9-16-3)19-14(24)8-22-15(25)10-7-12(17-4)20-23(10)13(6-2)21-22/h5,7,9H,3,6,8H2,1-2,4H3,(H,17,20)(H,19,24)/b11-5+,18-9-. The Morgan fingerprint density at radius 1 is 1.44 bits per heavy atom. The fourth-order valence-corrected chi connectivity index (χ4v) is 2.14. The van der Waals surface area contributed by atoms with Crippen molar-refractivity contribution in [3.05, 3.63) is 34.1 Å². The summed E-state index contributed by atoms with van der Waals surface area (Å²) >= 11 is 0. The molecule has 0 radical (unpaired) electrons. The summed E-state index contributed by atoms with van der Waals surface area (Å²) in [4.78, 5) is 32.1. The van der Waals surface area contributed by atoms with Gasteiger partial charge in [-0.2, -0.15) is 5.10 Å². The maximum absolute atomic E-state index is 12.6. The minimum absolute atomic E-state index is 0.239. The summed E-state index contributed by atoms with van der Waals surface area (Å²) in [6.07, 6.45) is 3.37. The van der Waals surface area contributed by atoms with Crippen LogP contribution in [0, 0.1) is 0 Å². The molecule has 0 aromatic carbocycles. The van der Waals surface area contributed by atoms with E-state index in [9.17, 15) is 9.59 Å². The van der Waals surface area contributed by atoms with Crippen LogP contribution >= 0.6 is 0 Å². The van der Waals surface area contributed by atoms with Gasteiger partial charge in [0.25, 0.3) is 5.56 Å². The zero-order valence-electron chi connectivity index (χ0n) is 14.4. The number of carbonyl (C=O) groups is 1. The van der Waals surface area contributed by atoms with Gasteiger partial charge in [0.2, 0.25) is 5.91 Å². The second-order valence-corrected chi connectivity index (χ2v) is 4.96. The first-order chi connectivity index (χ1) is 12.0. The third kappa shape index (κ3) is 3.97. The van der Waals surface area contributed by atoms with Crippen molar-refractivity contribution in [2.24, 2.45) is 9.98 Å². The molecule has 0 spiro atoms. The van der Waals surface area contributed by atoms with Gasteiger partial charge in [0.1, 0.15) is 30.0 Å². The molecule has 2 heterocycles. The van der Waals surface area contributed by atoms with Crippen molar-refractivity contribution in [3.63, 3.8) is 0 Å². The second kappa shape index (κ2) is 7.99. The third-order valence-corrected chi connectivity index (χ3v) is 3.33. The van der Waals surface area contributed by atoms with Crippen molar-refractivity contribution in [1.82, 2.24) is 24.7 Å². The largest absolute Gasteiger partial charge is 0.372 e. The lowest BCUT2D eigenvalue weighted by Crippen LogP contribution is -2.34. The van der Waals surface area contributed by atoms with Crippen LogP contribution in [0.1, 0.15) is 19.7 Å². The number of allylic oxidation sites excluding steroid dienone is 1. The number of anilines is 1. The van der Waals surface area contributed by atoms with Gasteiger partial charge in [-0.25, -0.2) is 14.2 Å². The van der Waals surface area contributed by atoms with Gasteiger partial charge < -0.3 is 10.6 Å². The van der Waals surface area contributed by atoms with Crippen LogP contribution < -0.4 is 16.2 Å². The Balaban J connectivity index is 2.33. The molecule has 0 aliphatic heterocycles. The first kappa shape index (κ1) is 18.0. The van der Waals surface area contributed by atoms with E-state index in [1.165, 1.54) is 10.9 Å². The van der Waals surface area contributed by atoms with Crippen molar-refractivity contribution >= 4 is 30.3 Å². The van der Waals surface area contributed by atoms with E-state index in [4.69, 9.17) is 0 Å². The molecule has 2 aromatic rings. The van der Waals surface area contributed by atoms with Crippen LogP contribution in [0.5, 0.6) is 0 Å². The molecule has 0 saturated carbocycles. The van der Waals surface area contributed by atoms with Crippen molar-refractivity contribution < 1.29 is 4.79 Å². The lowest BCUT2D eigenvalue weighted by molar-refractivity contribution is -0.121. The predicted molar refractivity (Wildman–Crippen MR) is 96.1 cm³/mol. The second-order valence-electron chi connectivity index (χ2n) is 4.96. The van der Waals surface area contributed by atoms with E-state index in [1.54, 1.807) is 26.1 Å². The average Bonchev–Trinajstić information content (AvgIpc) is 3.05. The molecule has 1 amide bonds. The maximum atomic E-state index is 12.6. The van der Waals surface area contributed by atoms with Gasteiger partial charge in [-0.1, -0.05) is 6.92 Å². The van der Waals surface area contributed by atoms with E-state index in [2.05, 4.69) is 37.5 Å². The lowest BCUT2D eigenvalue weighted by atomic mass is 10.4. The maximum Gasteiger partial charge on any atom is 0.293 e. The molecule has 132 valence electrons. The van der Waals surface area contributed by atoms with E-state index in [0.717, 1.165) is 4.68 Å². The molecule has 2 N–H and O–H groups in total. The summed E-state index contributed by atoms with van der Waals surface area (Å²) in [6, 6.07) is 1.62. The number of amides is 1. The molecule has 25 heavy (non-hydrogen) atoms. The number of nitrogens with zero attached hydrogens (tertiary/aromatic N) is 6. The molecule has 2 rings (SSSR count). The van der Waals surface area contributed by atoms with Gasteiger partial charge >= 0.3 is 0 Å². The van der Waals surface area contributed by atoms with Gasteiger partial charge in [0.05, 0.1) is 0 Å². The monoisotopic (exact) mass is 344 g/mol. The number of fused-ring (bicyclic) bond motifs is 1. The number of hydrogen-bond donors (Lipinski definition) is 2. The number of aromatic nitrogens is 4. The Kier molecular flexibility index (Phi) is 5.77. The highest BCUT2D eigenvalue weighted by Crippen LogP contribution is 2.08. The number of rotatable bonds is 7. The fourth-order valence-electron chi connectivity index (χ4n) is 2.14. The van der Waals surface area contributed by atoms with Crippen molar-refractivity contribution in [2.75, 3.05) is 12.4 Å². The van der Waals surface area contributed by atoms with Crippen LogP contribution in [-0.4, -0.2) is 45.4 Å². The number of aliphatic imine (C=N–C) groups is 2. The molecule has 0 bridgehead atoms. The van der Waals surface area contributed by atoms with Crippen LogP contribution in [0.15, 0.2) is 32.7 Å². The van der Waals surface area contributed by atoms with E-state index < -0.39 is 11.5 Å². The van der Waals surface area contributed by atoms with E-state index in [-0.39, 0.29) is 6.54 Å². The Labute approximate surface area is 144 Å². The topological polar surface area (TPSA) is 118 Å². The molecule has 0 unspecified atom stereocenters. The molecule has 0 aliphatic carbocycles. The Hall–Kier alpha value is -3.30. The number of hydrogen-bond acceptors (Lipinski definition) is 6. The van der Waals surface area contributed by atoms with Gasteiger partial charge in [-0.15, -0.1) is 5.10 Å². The van der Waals surface area contributed by atoms with Crippen LogP contribution in [-0.2, 0) is 17.8 Å². The quantitative estimate of drug-likeness (QED) is 0.549. The first-order valence-corrected chi connectivity index (χ1v) is 7.66. The molecule has 0 fully saturated rings. The minimum Gasteiger partial charge on any atom is -0.372 e. The van der Waals surface area contributed by atoms with Crippen LogP contribution in [0.3, 0.4) is 0 Å². The van der Waals surface area contributed by atoms with E-state index in [1.807, 2.05) is 6.92 Å². The number of carbonyl (C=O) groups excluding carboxylic acids is 1. The molecule has 2 aromatic heterocycles. The zero-order valence-corrected chi connectivity index (χ0v) is 14.4. The Morgan fingerprint density at radius 3 is 2.80 bits per heavy atom. The summed E-state index contributed by atoms with van der Waals surface area (Å²) in [5.74, 6) is 1.01. The van der Waals surface area contributed by atoms with E-state index in [0.29, 0.717) is 29.4 Å². The van der Waals surface area contributed by atoms with Gasteiger partial charge in [0.15, 0.2) is 5.82 Å². The molecule has 10 nitrogen and oxygen atoms in total. The van der Waals surface area contributed by atoms with Crippen LogP contribution in [0.4, 0.5) is 5.82 Å². The molecular formula is C15H20N8O2. The predicted octanol–water partition coefficient (Wildman–Crippen LogP) is 0.201. The highest BCUT2D eigenvalue weighted by atomic mass is 16.2. The third-order valence-electron chi connectivity index (χ3n) is 3.33. The summed E-state index contributed by atoms with van der Waals surface area (Å²) in [7, 11) is 1.71. The fraction of sp³-hybridized carbons (Fsp3) is 0.333. The normalized spacial score (nSPS) is 11.9. The van der Waals surface area contributed by atoms with Crippen molar-refractivity contribution in [2.45, 2.75) is 26.8 Å². The SMILES string of the molecule is C=N/C=N\C(=C/C)NC(=O)Cn1nc(CC)n2nc(NC)cc2c1=O. The Morgan fingerprint density at radius 2 is 2.20 bits per heavy atom. The minimum atomic E-state index is -0.427. The number of aryl methyl sites for hydroxylation is 1. The summed E-state index contributed by atoms with van der Waals surface area (Å²) < 4.78 is 2.60. The van der Waals surface area contributed by atoms with Gasteiger partial charge in [-0.05, 0) is 19.7 Å². The van der Waals surface area contributed by atoms with Gasteiger partial charge in [-0.3, -0.25) is 14.6 Å². The van der Waals surface area contributed by atoms with Crippen LogP contribution in [0.2, 0.25) is 0 Å². The summed E-state index contributed by atoms with van der Waals surface area (Å²) in [5.41, 5.74) is -0.0521. The van der Waals surface area contributed by atoms with Crippen molar-refractivity contribution in [3.8, 4) is 0 Å². The smallest absolute Gasteiger partial charge is 0.293 e. The average molecular weight is 344 g/mol. The molecule has 0 atom stereocenters. The molecular weight excluding hydrogens is 324 g/mol. The number of nitrogens with one attached hydrogen (secondary N) is 2.